The highest BCUT2D eigenvalue weighted by molar-refractivity contribution is 9.10. The number of benzene rings is 1. The van der Waals surface area contributed by atoms with Crippen molar-refractivity contribution < 1.29 is 13.5 Å². The van der Waals surface area contributed by atoms with E-state index in [9.17, 15) is 8.78 Å². The van der Waals surface area contributed by atoms with Gasteiger partial charge in [0.05, 0.1) is 0 Å². The van der Waals surface area contributed by atoms with Gasteiger partial charge in [0.15, 0.2) is 11.6 Å². The molecule has 0 unspecified atom stereocenters. The van der Waals surface area contributed by atoms with Crippen molar-refractivity contribution in [3.05, 3.63) is 51.6 Å². The molecule has 0 atom stereocenters. The first kappa shape index (κ1) is 13.9. The molecule has 0 aliphatic carbocycles. The Morgan fingerprint density at radius 1 is 1.32 bits per heavy atom. The summed E-state index contributed by atoms with van der Waals surface area (Å²) < 4.78 is 32.4. The second-order valence-electron chi connectivity index (χ2n) is 3.90. The normalized spacial score (nSPS) is 10.6. The second-order valence-corrected chi connectivity index (χ2v) is 4.82. The lowest BCUT2D eigenvalue weighted by Gasteiger charge is -2.09. The smallest absolute Gasteiger partial charge is 0.219 e. The number of rotatable bonds is 3. The number of nitrogens with zero attached hydrogens (tertiary/aromatic N) is 1. The number of aromatic nitrogens is 1. The number of halogens is 3. The molecule has 2 rings (SSSR count). The lowest BCUT2D eigenvalue weighted by Crippen LogP contribution is -2.02. The fourth-order valence-corrected chi connectivity index (χ4v) is 1.97. The largest absolute Gasteiger partial charge is 0.436 e. The molecule has 100 valence electrons. The summed E-state index contributed by atoms with van der Waals surface area (Å²) in [4.78, 5) is 4.13. The number of nitrogens with two attached hydrogens (primary N) is 1. The molecule has 2 N–H and O–H groups in total. The fourth-order valence-electron chi connectivity index (χ4n) is 1.56. The predicted molar refractivity (Wildman–Crippen MR) is 71.0 cm³/mol. The number of hydrogen-bond acceptors (Lipinski definition) is 3. The van der Waals surface area contributed by atoms with E-state index in [4.69, 9.17) is 10.5 Å². The molecule has 0 radical (unpaired) electrons. The van der Waals surface area contributed by atoms with Gasteiger partial charge in [0, 0.05) is 22.8 Å². The van der Waals surface area contributed by atoms with Crippen LogP contribution in [-0.4, -0.2) is 4.98 Å². The van der Waals surface area contributed by atoms with Crippen molar-refractivity contribution in [2.75, 3.05) is 0 Å². The second kappa shape index (κ2) is 5.63. The molecule has 0 fully saturated rings. The maximum Gasteiger partial charge on any atom is 0.219 e. The highest BCUT2D eigenvalue weighted by Crippen LogP contribution is 2.29. The van der Waals surface area contributed by atoms with Crippen molar-refractivity contribution in [2.45, 2.75) is 13.5 Å². The van der Waals surface area contributed by atoms with Crippen LogP contribution < -0.4 is 10.5 Å². The van der Waals surface area contributed by atoms with Gasteiger partial charge >= 0.3 is 0 Å². The first-order valence-electron chi connectivity index (χ1n) is 5.50. The maximum atomic E-state index is 13.5. The van der Waals surface area contributed by atoms with E-state index < -0.39 is 11.6 Å². The van der Waals surface area contributed by atoms with E-state index in [1.54, 1.807) is 19.1 Å². The summed E-state index contributed by atoms with van der Waals surface area (Å²) in [5.41, 5.74) is 7.08. The highest BCUT2D eigenvalue weighted by Gasteiger charge is 2.13. The minimum Gasteiger partial charge on any atom is -0.436 e. The van der Waals surface area contributed by atoms with Crippen LogP contribution in [0.5, 0.6) is 11.6 Å². The van der Waals surface area contributed by atoms with Crippen LogP contribution in [0.4, 0.5) is 8.78 Å². The highest BCUT2D eigenvalue weighted by atomic mass is 79.9. The van der Waals surface area contributed by atoms with Gasteiger partial charge in [-0.25, -0.2) is 9.37 Å². The Morgan fingerprint density at radius 3 is 2.68 bits per heavy atom. The molecule has 1 aromatic carbocycles. The molecule has 0 spiro atoms. The first-order valence-corrected chi connectivity index (χ1v) is 6.29. The van der Waals surface area contributed by atoms with Crippen molar-refractivity contribution in [3.63, 3.8) is 0 Å². The van der Waals surface area contributed by atoms with Crippen LogP contribution in [-0.2, 0) is 6.54 Å². The van der Waals surface area contributed by atoms with Crippen molar-refractivity contribution in [1.82, 2.24) is 4.98 Å². The van der Waals surface area contributed by atoms with Crippen LogP contribution in [0.1, 0.15) is 11.3 Å². The van der Waals surface area contributed by atoms with E-state index in [0.717, 1.165) is 11.6 Å². The summed E-state index contributed by atoms with van der Waals surface area (Å²) in [7, 11) is 0. The number of pyridine rings is 1. The summed E-state index contributed by atoms with van der Waals surface area (Å²) in [6.07, 6.45) is 0. The van der Waals surface area contributed by atoms with Gasteiger partial charge in [-0.15, -0.1) is 0 Å². The van der Waals surface area contributed by atoms with Gasteiger partial charge < -0.3 is 10.5 Å². The lowest BCUT2D eigenvalue weighted by atomic mass is 10.2. The zero-order valence-electron chi connectivity index (χ0n) is 10.1. The first-order chi connectivity index (χ1) is 9.01. The molecular weight excluding hydrogens is 318 g/mol. The zero-order chi connectivity index (χ0) is 14.0. The minimum atomic E-state index is -1.05. The monoisotopic (exact) mass is 328 g/mol. The van der Waals surface area contributed by atoms with Gasteiger partial charge in [-0.2, -0.15) is 4.39 Å². The van der Waals surface area contributed by atoms with Crippen LogP contribution in [0.3, 0.4) is 0 Å². The molecule has 0 amide bonds. The number of ether oxygens (including phenoxy) is 1. The third kappa shape index (κ3) is 3.08. The minimum absolute atomic E-state index is 0.186. The Labute approximate surface area is 117 Å². The van der Waals surface area contributed by atoms with Crippen LogP contribution >= 0.6 is 15.9 Å². The van der Waals surface area contributed by atoms with Crippen molar-refractivity contribution in [3.8, 4) is 11.6 Å². The average molecular weight is 329 g/mol. The Hall–Kier alpha value is -1.53. The van der Waals surface area contributed by atoms with Crippen LogP contribution in [0.25, 0.3) is 0 Å². The van der Waals surface area contributed by atoms with Gasteiger partial charge in [-0.1, -0.05) is 22.0 Å². The van der Waals surface area contributed by atoms with Gasteiger partial charge in [0.1, 0.15) is 0 Å². The quantitative estimate of drug-likeness (QED) is 0.874. The summed E-state index contributed by atoms with van der Waals surface area (Å²) in [6.45, 7) is 2.13. The molecule has 19 heavy (non-hydrogen) atoms. The molecule has 1 heterocycles. The topological polar surface area (TPSA) is 48.1 Å². The molecule has 0 aliphatic rings. The third-order valence-corrected chi connectivity index (χ3v) is 3.02. The van der Waals surface area contributed by atoms with Crippen LogP contribution in [0.15, 0.2) is 28.7 Å². The lowest BCUT2D eigenvalue weighted by molar-refractivity contribution is 0.404. The molecule has 1 aromatic heterocycles. The summed E-state index contributed by atoms with van der Waals surface area (Å²) >= 11 is 3.07. The van der Waals surface area contributed by atoms with Crippen LogP contribution in [0.2, 0.25) is 0 Å². The Bertz CT molecular complexity index is 620. The van der Waals surface area contributed by atoms with Gasteiger partial charge in [-0.05, 0) is 24.6 Å². The standard InChI is InChI=1S/C13H11BrF2N2O/c1-7-8(6-17)2-3-12(18-7)19-11-5-9(14)4-10(15)13(11)16/h2-5H,6,17H2,1H3. The van der Waals surface area contributed by atoms with E-state index in [-0.39, 0.29) is 11.6 Å². The van der Waals surface area contributed by atoms with Gasteiger partial charge in [-0.3, -0.25) is 0 Å². The van der Waals surface area contributed by atoms with Crippen LogP contribution in [0, 0.1) is 18.6 Å². The molecule has 3 nitrogen and oxygen atoms in total. The number of aryl methyl sites for hydroxylation is 1. The fraction of sp³-hybridized carbons (Fsp3) is 0.154. The molecule has 0 saturated carbocycles. The Morgan fingerprint density at radius 2 is 2.05 bits per heavy atom. The Balaban J connectivity index is 2.33. The van der Waals surface area contributed by atoms with E-state index in [0.29, 0.717) is 16.7 Å². The Kier molecular flexibility index (Phi) is 4.11. The molecule has 6 heteroatoms. The summed E-state index contributed by atoms with van der Waals surface area (Å²) in [5.74, 6) is -2.07. The molecule has 0 saturated heterocycles. The molecular formula is C13H11BrF2N2O. The van der Waals surface area contributed by atoms with Gasteiger partial charge in [0.2, 0.25) is 11.7 Å². The van der Waals surface area contributed by atoms with E-state index >= 15 is 0 Å². The molecule has 0 bridgehead atoms. The average Bonchev–Trinajstić information content (AvgIpc) is 2.35. The molecule has 2 aromatic rings. The third-order valence-electron chi connectivity index (χ3n) is 2.56. The van der Waals surface area contributed by atoms with E-state index in [2.05, 4.69) is 20.9 Å². The zero-order valence-corrected chi connectivity index (χ0v) is 11.7. The van der Waals surface area contributed by atoms with E-state index in [1.165, 1.54) is 6.07 Å². The van der Waals surface area contributed by atoms with Crippen molar-refractivity contribution in [1.29, 1.82) is 0 Å². The molecule has 0 aliphatic heterocycles. The van der Waals surface area contributed by atoms with Crippen molar-refractivity contribution >= 4 is 15.9 Å². The SMILES string of the molecule is Cc1nc(Oc2cc(Br)cc(F)c2F)ccc1CN. The summed E-state index contributed by atoms with van der Waals surface area (Å²) in [5, 5.41) is 0. The van der Waals surface area contributed by atoms with Crippen molar-refractivity contribution in [2.24, 2.45) is 5.73 Å². The van der Waals surface area contributed by atoms with Gasteiger partial charge in [0.25, 0.3) is 0 Å². The maximum absolute atomic E-state index is 13.5. The summed E-state index contributed by atoms with van der Waals surface area (Å²) in [6, 6.07) is 5.67. The van der Waals surface area contributed by atoms with E-state index in [1.807, 2.05) is 0 Å². The number of hydrogen-bond donors (Lipinski definition) is 1. The predicted octanol–water partition coefficient (Wildman–Crippen LogP) is 3.68.